The average molecular weight is 217 g/mol. The number of aromatic nitrogens is 2. The monoisotopic (exact) mass is 217 g/mol. The first-order valence-corrected chi connectivity index (χ1v) is 5.16. The highest BCUT2D eigenvalue weighted by atomic mass is 16.5. The molecule has 1 aromatic carbocycles. The van der Waals surface area contributed by atoms with Crippen molar-refractivity contribution in [1.82, 2.24) is 15.5 Å². The van der Waals surface area contributed by atoms with Gasteiger partial charge in [0, 0.05) is 17.7 Å². The lowest BCUT2D eigenvalue weighted by Crippen LogP contribution is -2.05. The zero-order valence-electron chi connectivity index (χ0n) is 9.45. The number of ether oxygens (including phenoxy) is 1. The van der Waals surface area contributed by atoms with Crippen LogP contribution >= 0.6 is 0 Å². The van der Waals surface area contributed by atoms with Crippen LogP contribution in [0.1, 0.15) is 5.56 Å². The van der Waals surface area contributed by atoms with E-state index >= 15 is 0 Å². The van der Waals surface area contributed by atoms with Crippen molar-refractivity contribution in [1.29, 1.82) is 0 Å². The lowest BCUT2D eigenvalue weighted by molar-refractivity contribution is 0.415. The summed E-state index contributed by atoms with van der Waals surface area (Å²) >= 11 is 0. The number of benzene rings is 1. The van der Waals surface area contributed by atoms with Crippen LogP contribution in [0.3, 0.4) is 0 Å². The van der Waals surface area contributed by atoms with Gasteiger partial charge in [0.25, 0.3) is 0 Å². The Morgan fingerprint density at radius 2 is 2.31 bits per heavy atom. The lowest BCUT2D eigenvalue weighted by atomic mass is 10.1. The fourth-order valence-electron chi connectivity index (χ4n) is 1.66. The van der Waals surface area contributed by atoms with Crippen molar-refractivity contribution in [2.45, 2.75) is 6.54 Å². The summed E-state index contributed by atoms with van der Waals surface area (Å²) in [5.74, 6) is 0.850. The molecule has 0 amide bonds. The van der Waals surface area contributed by atoms with Gasteiger partial charge in [-0.05, 0) is 19.2 Å². The first-order chi connectivity index (χ1) is 7.85. The van der Waals surface area contributed by atoms with E-state index in [0.717, 1.165) is 29.1 Å². The molecule has 0 bridgehead atoms. The van der Waals surface area contributed by atoms with Crippen molar-refractivity contribution in [2.24, 2.45) is 0 Å². The number of hydrogen-bond donors (Lipinski definition) is 2. The predicted octanol–water partition coefficient (Wildman–Crippen LogP) is 1.80. The van der Waals surface area contributed by atoms with Gasteiger partial charge < -0.3 is 10.1 Å². The molecular formula is C12H15N3O. The normalized spacial score (nSPS) is 10.4. The van der Waals surface area contributed by atoms with E-state index in [2.05, 4.69) is 15.5 Å². The van der Waals surface area contributed by atoms with E-state index in [1.54, 1.807) is 7.11 Å². The molecule has 2 aromatic rings. The second-order valence-electron chi connectivity index (χ2n) is 3.53. The van der Waals surface area contributed by atoms with Crippen molar-refractivity contribution in [2.75, 3.05) is 14.2 Å². The van der Waals surface area contributed by atoms with Gasteiger partial charge in [0.2, 0.25) is 0 Å². The number of H-pyrrole nitrogens is 1. The van der Waals surface area contributed by atoms with Crippen LogP contribution in [0.4, 0.5) is 0 Å². The molecule has 0 aliphatic carbocycles. The fourth-order valence-corrected chi connectivity index (χ4v) is 1.66. The molecule has 4 nitrogen and oxygen atoms in total. The zero-order valence-corrected chi connectivity index (χ0v) is 9.45. The molecule has 2 rings (SSSR count). The summed E-state index contributed by atoms with van der Waals surface area (Å²) in [5.41, 5.74) is 3.27. The van der Waals surface area contributed by atoms with Crippen LogP contribution in [-0.2, 0) is 6.54 Å². The van der Waals surface area contributed by atoms with E-state index in [0.29, 0.717) is 0 Å². The Hall–Kier alpha value is -1.81. The van der Waals surface area contributed by atoms with Gasteiger partial charge in [0.05, 0.1) is 19.0 Å². The van der Waals surface area contributed by atoms with Crippen molar-refractivity contribution < 1.29 is 4.74 Å². The molecular weight excluding hydrogens is 202 g/mol. The minimum Gasteiger partial charge on any atom is -0.497 e. The number of nitrogens with one attached hydrogen (secondary N) is 2. The Labute approximate surface area is 94.6 Å². The molecule has 0 atom stereocenters. The Balaban J connectivity index is 2.37. The molecule has 16 heavy (non-hydrogen) atoms. The van der Waals surface area contributed by atoms with Crippen LogP contribution in [0.15, 0.2) is 30.5 Å². The second-order valence-corrected chi connectivity index (χ2v) is 3.53. The highest BCUT2D eigenvalue weighted by molar-refractivity contribution is 5.64. The van der Waals surface area contributed by atoms with Crippen molar-refractivity contribution >= 4 is 0 Å². The van der Waals surface area contributed by atoms with Crippen LogP contribution in [0.25, 0.3) is 11.3 Å². The molecule has 0 aliphatic rings. The van der Waals surface area contributed by atoms with Gasteiger partial charge in [-0.2, -0.15) is 5.10 Å². The minimum absolute atomic E-state index is 0.795. The van der Waals surface area contributed by atoms with Crippen LogP contribution in [0.5, 0.6) is 5.75 Å². The summed E-state index contributed by atoms with van der Waals surface area (Å²) in [5, 5.41) is 10.2. The third-order valence-electron chi connectivity index (χ3n) is 2.44. The topological polar surface area (TPSA) is 49.9 Å². The summed E-state index contributed by atoms with van der Waals surface area (Å²) < 4.78 is 5.20. The number of aromatic amines is 1. The summed E-state index contributed by atoms with van der Waals surface area (Å²) in [4.78, 5) is 0. The quantitative estimate of drug-likeness (QED) is 0.821. The molecule has 2 N–H and O–H groups in total. The van der Waals surface area contributed by atoms with Gasteiger partial charge in [-0.1, -0.05) is 12.1 Å². The fraction of sp³-hybridized carbons (Fsp3) is 0.250. The summed E-state index contributed by atoms with van der Waals surface area (Å²) in [6, 6.07) is 7.93. The van der Waals surface area contributed by atoms with Gasteiger partial charge >= 0.3 is 0 Å². The van der Waals surface area contributed by atoms with E-state index in [1.165, 1.54) is 0 Å². The van der Waals surface area contributed by atoms with Crippen LogP contribution in [-0.4, -0.2) is 24.4 Å². The second kappa shape index (κ2) is 4.81. The van der Waals surface area contributed by atoms with Crippen LogP contribution in [0.2, 0.25) is 0 Å². The van der Waals surface area contributed by atoms with E-state index in [1.807, 2.05) is 37.5 Å². The molecule has 4 heteroatoms. The van der Waals surface area contributed by atoms with Crippen molar-refractivity contribution in [3.8, 4) is 17.0 Å². The first-order valence-electron chi connectivity index (χ1n) is 5.16. The molecule has 1 heterocycles. The average Bonchev–Trinajstić information content (AvgIpc) is 2.78. The highest BCUT2D eigenvalue weighted by Crippen LogP contribution is 2.24. The molecule has 0 spiro atoms. The summed E-state index contributed by atoms with van der Waals surface area (Å²) in [7, 11) is 3.59. The Kier molecular flexibility index (Phi) is 3.22. The van der Waals surface area contributed by atoms with Crippen molar-refractivity contribution in [3.63, 3.8) is 0 Å². The largest absolute Gasteiger partial charge is 0.497 e. The van der Waals surface area contributed by atoms with Gasteiger partial charge in [-0.15, -0.1) is 0 Å². The Morgan fingerprint density at radius 3 is 3.06 bits per heavy atom. The summed E-state index contributed by atoms with van der Waals surface area (Å²) in [6.07, 6.45) is 1.84. The SMILES string of the molecule is CNCc1cn[nH]c1-c1cccc(OC)c1. The maximum atomic E-state index is 5.20. The number of methoxy groups -OCH3 is 1. The maximum Gasteiger partial charge on any atom is 0.119 e. The molecule has 0 aliphatic heterocycles. The Morgan fingerprint density at radius 1 is 1.44 bits per heavy atom. The van der Waals surface area contributed by atoms with Crippen molar-refractivity contribution in [3.05, 3.63) is 36.0 Å². The number of rotatable bonds is 4. The van der Waals surface area contributed by atoms with E-state index in [4.69, 9.17) is 4.74 Å². The molecule has 1 aromatic heterocycles. The first kappa shape index (κ1) is 10.7. The van der Waals surface area contributed by atoms with Gasteiger partial charge in [0.1, 0.15) is 5.75 Å². The summed E-state index contributed by atoms with van der Waals surface area (Å²) in [6.45, 7) is 0.795. The predicted molar refractivity (Wildman–Crippen MR) is 63.3 cm³/mol. The van der Waals surface area contributed by atoms with Crippen LogP contribution < -0.4 is 10.1 Å². The smallest absolute Gasteiger partial charge is 0.119 e. The third-order valence-corrected chi connectivity index (χ3v) is 2.44. The molecule has 0 fully saturated rings. The van der Waals surface area contributed by atoms with E-state index < -0.39 is 0 Å². The zero-order chi connectivity index (χ0) is 11.4. The molecule has 84 valence electrons. The lowest BCUT2D eigenvalue weighted by Gasteiger charge is -2.05. The van der Waals surface area contributed by atoms with E-state index in [9.17, 15) is 0 Å². The van der Waals surface area contributed by atoms with E-state index in [-0.39, 0.29) is 0 Å². The molecule has 0 radical (unpaired) electrons. The molecule has 0 saturated heterocycles. The molecule has 0 saturated carbocycles. The molecule has 0 unspecified atom stereocenters. The van der Waals surface area contributed by atoms with Gasteiger partial charge in [0.15, 0.2) is 0 Å². The Bertz CT molecular complexity index is 465. The number of nitrogens with zero attached hydrogens (tertiary/aromatic N) is 1. The van der Waals surface area contributed by atoms with Gasteiger partial charge in [-0.25, -0.2) is 0 Å². The van der Waals surface area contributed by atoms with Crippen LogP contribution in [0, 0.1) is 0 Å². The maximum absolute atomic E-state index is 5.20. The van der Waals surface area contributed by atoms with Gasteiger partial charge in [-0.3, -0.25) is 5.10 Å². The minimum atomic E-state index is 0.795. The standard InChI is InChI=1S/C12H15N3O/c1-13-7-10-8-14-15-12(10)9-4-3-5-11(6-9)16-2/h3-6,8,13H,7H2,1-2H3,(H,14,15). The third kappa shape index (κ3) is 2.06. The number of hydrogen-bond acceptors (Lipinski definition) is 3. The highest BCUT2D eigenvalue weighted by Gasteiger charge is 2.07.